The summed E-state index contributed by atoms with van der Waals surface area (Å²) >= 11 is 3.64. The molecule has 0 bridgehead atoms. The first-order valence-corrected chi connectivity index (χ1v) is 9.48. The zero-order valence-electron chi connectivity index (χ0n) is 15.2. The van der Waals surface area contributed by atoms with Crippen molar-refractivity contribution in [3.8, 4) is 11.3 Å². The van der Waals surface area contributed by atoms with Gasteiger partial charge >= 0.3 is 0 Å². The zero-order valence-corrected chi connectivity index (χ0v) is 15.9. The average Bonchev–Trinajstić information content (AvgIpc) is 3.35. The minimum Gasteiger partial charge on any atom is -0.305 e. The largest absolute Gasteiger partial charge is 0.305 e. The molecular formula is C20H21ClFN5O. The molecule has 2 aliphatic heterocycles. The van der Waals surface area contributed by atoms with E-state index in [4.69, 9.17) is 4.66 Å². The highest BCUT2D eigenvalue weighted by Crippen LogP contribution is 2.31. The Morgan fingerprint density at radius 2 is 1.82 bits per heavy atom. The number of likely N-dealkylation sites (tertiary alicyclic amines) is 1. The molecule has 2 aliphatic rings. The van der Waals surface area contributed by atoms with Crippen LogP contribution in [0.1, 0.15) is 17.3 Å². The van der Waals surface area contributed by atoms with Crippen LogP contribution in [0.15, 0.2) is 54.6 Å². The average molecular weight is 402 g/mol. The lowest BCUT2D eigenvalue weighted by Crippen LogP contribution is -2.42. The molecule has 2 aromatic carbocycles. The van der Waals surface area contributed by atoms with E-state index in [2.05, 4.69) is 49.2 Å². The fourth-order valence-electron chi connectivity index (χ4n) is 4.08. The second-order valence-electron chi connectivity index (χ2n) is 7.07. The van der Waals surface area contributed by atoms with Crippen LogP contribution < -0.4 is 5.32 Å². The number of aromatic nitrogens is 3. The minimum absolute atomic E-state index is 0.189. The van der Waals surface area contributed by atoms with Gasteiger partial charge in [0.25, 0.3) is 0 Å². The molecule has 6 nitrogen and oxygen atoms in total. The Morgan fingerprint density at radius 1 is 1.07 bits per heavy atom. The third-order valence-electron chi connectivity index (χ3n) is 5.37. The Balaban J connectivity index is 0.000000932. The van der Waals surface area contributed by atoms with Crippen molar-refractivity contribution in [2.24, 2.45) is 0 Å². The van der Waals surface area contributed by atoms with E-state index in [1.54, 1.807) is 0 Å². The van der Waals surface area contributed by atoms with Gasteiger partial charge in [0.1, 0.15) is 11.5 Å². The van der Waals surface area contributed by atoms with Gasteiger partial charge in [0.15, 0.2) is 0 Å². The summed E-state index contributed by atoms with van der Waals surface area (Å²) in [5.41, 5.74) is 4.36. The summed E-state index contributed by atoms with van der Waals surface area (Å²) in [7, 11) is 0. The third-order valence-corrected chi connectivity index (χ3v) is 5.37. The molecule has 3 aromatic rings. The molecule has 0 radical (unpaired) electrons. The molecule has 8 heteroatoms. The fraction of sp³-hybridized carbons (Fsp3) is 0.300. The van der Waals surface area contributed by atoms with Crippen LogP contribution in [0.4, 0.5) is 4.39 Å². The van der Waals surface area contributed by atoms with Crippen molar-refractivity contribution in [3.05, 3.63) is 71.7 Å². The standard InChI is InChI=1S/C20H20FN5.ClHO/c21-16-8-6-14(7-9-16)11-25-12-17-19(13-25)26-18(10-22-17)20(23-24-26)15-4-2-1-3-5-15;1-2/h1-9,17,19,22H,10-13H2;2H/t17-,19-;/m0./s1. The Labute approximate surface area is 167 Å². The highest BCUT2D eigenvalue weighted by molar-refractivity contribution is 6.04. The van der Waals surface area contributed by atoms with Gasteiger partial charge in [-0.25, -0.2) is 9.07 Å². The van der Waals surface area contributed by atoms with Crippen LogP contribution in [-0.2, 0) is 13.1 Å². The summed E-state index contributed by atoms with van der Waals surface area (Å²) in [4.78, 5) is 2.40. The van der Waals surface area contributed by atoms with E-state index in [9.17, 15) is 4.39 Å². The Hall–Kier alpha value is -2.32. The predicted octanol–water partition coefficient (Wildman–Crippen LogP) is 2.75. The van der Waals surface area contributed by atoms with E-state index in [0.717, 1.165) is 48.7 Å². The van der Waals surface area contributed by atoms with Crippen LogP contribution >= 0.6 is 11.9 Å². The normalized spacial score (nSPS) is 20.8. The monoisotopic (exact) mass is 401 g/mol. The maximum Gasteiger partial charge on any atom is 0.123 e. The van der Waals surface area contributed by atoms with Crippen LogP contribution in [0.5, 0.6) is 0 Å². The Morgan fingerprint density at radius 3 is 2.57 bits per heavy atom. The van der Waals surface area contributed by atoms with E-state index >= 15 is 0 Å². The number of hydrogen-bond donors (Lipinski definition) is 2. The number of fused-ring (bicyclic) bond motifs is 3. The molecule has 2 atom stereocenters. The van der Waals surface area contributed by atoms with Crippen molar-refractivity contribution in [2.45, 2.75) is 25.2 Å². The minimum atomic E-state index is -0.189. The van der Waals surface area contributed by atoms with Crippen LogP contribution in [0.25, 0.3) is 11.3 Å². The first kappa shape index (κ1) is 19.0. The lowest BCUT2D eigenvalue weighted by molar-refractivity contribution is 0.307. The van der Waals surface area contributed by atoms with Crippen molar-refractivity contribution < 1.29 is 9.05 Å². The predicted molar refractivity (Wildman–Crippen MR) is 105 cm³/mol. The molecule has 0 spiro atoms. The van der Waals surface area contributed by atoms with Crippen molar-refractivity contribution in [1.29, 1.82) is 0 Å². The van der Waals surface area contributed by atoms with Gasteiger partial charge in [-0.1, -0.05) is 47.7 Å². The number of nitrogens with one attached hydrogen (secondary N) is 1. The molecule has 1 fully saturated rings. The summed E-state index contributed by atoms with van der Waals surface area (Å²) in [6.07, 6.45) is 0. The molecule has 1 aromatic heterocycles. The smallest absolute Gasteiger partial charge is 0.123 e. The number of nitrogens with zero attached hydrogens (tertiary/aromatic N) is 4. The lowest BCUT2D eigenvalue weighted by atomic mass is 10.1. The van der Waals surface area contributed by atoms with Gasteiger partial charge in [-0.05, 0) is 17.7 Å². The number of hydrogen-bond acceptors (Lipinski definition) is 5. The highest BCUT2D eigenvalue weighted by Gasteiger charge is 2.39. The Kier molecular flexibility index (Phi) is 5.68. The lowest BCUT2D eigenvalue weighted by Gasteiger charge is -2.27. The highest BCUT2D eigenvalue weighted by atomic mass is 35.5. The van der Waals surface area contributed by atoms with E-state index in [-0.39, 0.29) is 11.9 Å². The molecule has 1 saturated heterocycles. The van der Waals surface area contributed by atoms with Crippen LogP contribution in [0, 0.1) is 5.82 Å². The van der Waals surface area contributed by atoms with Gasteiger partial charge in [0.05, 0.1) is 23.6 Å². The van der Waals surface area contributed by atoms with Crippen LogP contribution in [-0.4, -0.2) is 43.7 Å². The summed E-state index contributed by atoms with van der Waals surface area (Å²) in [5.74, 6) is -0.189. The number of rotatable bonds is 3. The van der Waals surface area contributed by atoms with Gasteiger partial charge in [-0.3, -0.25) is 9.56 Å². The molecular weight excluding hydrogens is 381 g/mol. The maximum atomic E-state index is 13.1. The molecule has 146 valence electrons. The molecule has 2 N–H and O–H groups in total. The van der Waals surface area contributed by atoms with E-state index < -0.39 is 0 Å². The molecule has 28 heavy (non-hydrogen) atoms. The van der Waals surface area contributed by atoms with E-state index in [0.29, 0.717) is 6.04 Å². The van der Waals surface area contributed by atoms with Gasteiger partial charge < -0.3 is 5.32 Å². The van der Waals surface area contributed by atoms with Gasteiger partial charge in [-0.15, -0.1) is 5.10 Å². The first-order valence-electron chi connectivity index (χ1n) is 9.14. The van der Waals surface area contributed by atoms with Crippen molar-refractivity contribution in [2.75, 3.05) is 13.1 Å². The number of benzene rings is 2. The van der Waals surface area contributed by atoms with Gasteiger partial charge in [-0.2, -0.15) is 0 Å². The molecule has 0 amide bonds. The van der Waals surface area contributed by atoms with Crippen LogP contribution in [0.2, 0.25) is 0 Å². The van der Waals surface area contributed by atoms with Crippen molar-refractivity contribution in [1.82, 2.24) is 25.2 Å². The molecule has 3 heterocycles. The molecule has 0 unspecified atom stereocenters. The molecule has 0 saturated carbocycles. The first-order chi connectivity index (χ1) is 13.8. The zero-order chi connectivity index (χ0) is 19.5. The summed E-state index contributed by atoms with van der Waals surface area (Å²) in [6.45, 7) is 3.48. The summed E-state index contributed by atoms with van der Waals surface area (Å²) < 4.78 is 21.7. The van der Waals surface area contributed by atoms with Gasteiger partial charge in [0.2, 0.25) is 0 Å². The van der Waals surface area contributed by atoms with E-state index in [1.807, 2.05) is 30.3 Å². The van der Waals surface area contributed by atoms with Crippen molar-refractivity contribution >= 4 is 11.9 Å². The topological polar surface area (TPSA) is 66.2 Å². The fourth-order valence-corrected chi connectivity index (χ4v) is 4.08. The van der Waals surface area contributed by atoms with E-state index in [1.165, 1.54) is 12.1 Å². The number of halogens is 2. The third kappa shape index (κ3) is 3.66. The molecule has 0 aliphatic carbocycles. The van der Waals surface area contributed by atoms with Crippen molar-refractivity contribution in [3.63, 3.8) is 0 Å². The second kappa shape index (κ2) is 8.36. The summed E-state index contributed by atoms with van der Waals surface area (Å²) in [6, 6.07) is 17.6. The Bertz CT molecular complexity index is 918. The second-order valence-corrected chi connectivity index (χ2v) is 7.07. The SMILES string of the molecule is Fc1ccc(CN2C[C@@H]3NCc4c(-c5ccccc5)nnn4[C@H]3C2)cc1.OCl. The maximum absolute atomic E-state index is 13.1. The summed E-state index contributed by atoms with van der Waals surface area (Å²) in [5, 5.41) is 12.6. The quantitative estimate of drug-likeness (QED) is 0.706. The van der Waals surface area contributed by atoms with Crippen LogP contribution in [0.3, 0.4) is 0 Å². The van der Waals surface area contributed by atoms with Gasteiger partial charge in [0, 0.05) is 37.8 Å². The molecule has 5 rings (SSSR count).